The largest absolute Gasteiger partial charge is 0.416 e. The zero-order valence-electron chi connectivity index (χ0n) is 13.4. The summed E-state index contributed by atoms with van der Waals surface area (Å²) in [5.74, 6) is -1.37. The molecule has 2 aliphatic rings. The summed E-state index contributed by atoms with van der Waals surface area (Å²) < 4.78 is 57.3. The molecule has 1 heterocycles. The molecule has 8 heteroatoms. The number of alkyl halides is 3. The van der Waals surface area contributed by atoms with Crippen molar-refractivity contribution >= 4 is 5.91 Å². The summed E-state index contributed by atoms with van der Waals surface area (Å²) in [6.45, 7) is -0.165. The number of nitrogens with one attached hydrogen (secondary N) is 1. The van der Waals surface area contributed by atoms with E-state index in [0.717, 1.165) is 25.0 Å². The van der Waals surface area contributed by atoms with Crippen molar-refractivity contribution in [3.63, 3.8) is 0 Å². The Morgan fingerprint density at radius 3 is 2.56 bits per heavy atom. The van der Waals surface area contributed by atoms with Gasteiger partial charge in [0.25, 0.3) is 5.91 Å². The molecule has 1 aromatic rings. The maximum Gasteiger partial charge on any atom is 0.416 e. The molecule has 0 spiro atoms. The fraction of sp³-hybridized carbons (Fsp3) is 0.588. The fourth-order valence-electron chi connectivity index (χ4n) is 3.27. The fourth-order valence-corrected chi connectivity index (χ4v) is 3.27. The molecule has 2 N–H and O–H groups in total. The lowest BCUT2D eigenvalue weighted by Gasteiger charge is -2.38. The zero-order chi connectivity index (χ0) is 18.2. The van der Waals surface area contributed by atoms with Crippen LogP contribution in [0.25, 0.3) is 0 Å². The topological polar surface area (TPSA) is 58.6 Å². The molecule has 1 aliphatic carbocycles. The minimum absolute atomic E-state index is 0.0301. The molecule has 1 aromatic carbocycles. The maximum atomic E-state index is 13.4. The molecular formula is C17H19F4NO3. The van der Waals surface area contributed by atoms with Gasteiger partial charge in [-0.1, -0.05) is 0 Å². The molecule has 1 amide bonds. The van der Waals surface area contributed by atoms with Gasteiger partial charge >= 0.3 is 6.18 Å². The Morgan fingerprint density at radius 1 is 1.28 bits per heavy atom. The van der Waals surface area contributed by atoms with E-state index in [4.69, 9.17) is 4.74 Å². The third kappa shape index (κ3) is 3.95. The third-order valence-electron chi connectivity index (χ3n) is 4.74. The van der Waals surface area contributed by atoms with E-state index in [9.17, 15) is 27.5 Å². The Morgan fingerprint density at radius 2 is 2.00 bits per heavy atom. The van der Waals surface area contributed by atoms with Gasteiger partial charge < -0.3 is 15.2 Å². The van der Waals surface area contributed by atoms with Gasteiger partial charge in [0.05, 0.1) is 18.3 Å². The van der Waals surface area contributed by atoms with Crippen molar-refractivity contribution in [1.29, 1.82) is 0 Å². The van der Waals surface area contributed by atoms with Gasteiger partial charge in [0.15, 0.2) is 0 Å². The predicted molar refractivity (Wildman–Crippen MR) is 79.9 cm³/mol. The van der Waals surface area contributed by atoms with Crippen molar-refractivity contribution in [2.24, 2.45) is 5.92 Å². The van der Waals surface area contributed by atoms with Crippen LogP contribution in [0.4, 0.5) is 17.6 Å². The van der Waals surface area contributed by atoms with Crippen molar-refractivity contribution in [3.05, 3.63) is 35.1 Å². The molecule has 1 aliphatic heterocycles. The minimum atomic E-state index is -4.65. The first-order chi connectivity index (χ1) is 11.7. The minimum Gasteiger partial charge on any atom is -0.391 e. The molecule has 1 saturated carbocycles. The molecular weight excluding hydrogens is 342 g/mol. The van der Waals surface area contributed by atoms with Crippen molar-refractivity contribution in [1.82, 2.24) is 5.32 Å². The van der Waals surface area contributed by atoms with E-state index >= 15 is 0 Å². The number of rotatable bonds is 4. The van der Waals surface area contributed by atoms with E-state index in [0.29, 0.717) is 18.9 Å². The van der Waals surface area contributed by atoms with Crippen LogP contribution in [0.3, 0.4) is 0 Å². The van der Waals surface area contributed by atoms with Crippen LogP contribution in [0.1, 0.15) is 36.8 Å². The van der Waals surface area contributed by atoms with Crippen LogP contribution in [0.15, 0.2) is 18.2 Å². The number of benzene rings is 1. The molecule has 0 radical (unpaired) electrons. The molecule has 0 aromatic heterocycles. The number of amides is 1. The Labute approximate surface area is 142 Å². The molecule has 1 unspecified atom stereocenters. The average molecular weight is 361 g/mol. The number of aliphatic hydroxyl groups excluding tert-OH is 1. The second-order valence-electron chi connectivity index (χ2n) is 6.70. The van der Waals surface area contributed by atoms with E-state index in [-0.39, 0.29) is 24.6 Å². The third-order valence-corrected chi connectivity index (χ3v) is 4.74. The van der Waals surface area contributed by atoms with E-state index in [1.54, 1.807) is 0 Å². The number of ether oxygens (including phenoxy) is 1. The molecule has 138 valence electrons. The summed E-state index contributed by atoms with van der Waals surface area (Å²) in [6.07, 6.45) is -2.80. The van der Waals surface area contributed by atoms with E-state index < -0.39 is 35.2 Å². The monoisotopic (exact) mass is 361 g/mol. The standard InChI is InChI=1S/C17H19F4NO3/c18-13-6-10(5-12(7-13)17(19,20)21)8-22-15(24)16(11-1-2-11)4-3-14(23)9-25-16/h5-7,11,14,23H,1-4,8-9H2,(H,22,24)/t14?,16-/m0/s1. The summed E-state index contributed by atoms with van der Waals surface area (Å²) in [6, 6.07) is 2.20. The number of carbonyl (C=O) groups excluding carboxylic acids is 1. The van der Waals surface area contributed by atoms with E-state index in [1.807, 2.05) is 0 Å². The Balaban J connectivity index is 1.70. The number of hydrogen-bond donors (Lipinski definition) is 2. The van der Waals surface area contributed by atoms with E-state index in [2.05, 4.69) is 5.32 Å². The highest BCUT2D eigenvalue weighted by molar-refractivity contribution is 5.86. The van der Waals surface area contributed by atoms with Crippen LogP contribution >= 0.6 is 0 Å². The number of carbonyl (C=O) groups is 1. The number of hydrogen-bond acceptors (Lipinski definition) is 3. The SMILES string of the molecule is O=C(NCc1cc(F)cc(C(F)(F)F)c1)[C@@]1(C2CC2)CCC(O)CO1. The molecule has 1 saturated heterocycles. The normalized spacial score (nSPS) is 27.2. The van der Waals surface area contributed by atoms with Gasteiger partial charge in [0.2, 0.25) is 0 Å². The van der Waals surface area contributed by atoms with Crippen LogP contribution in [0.2, 0.25) is 0 Å². The van der Waals surface area contributed by atoms with Gasteiger partial charge in [-0.3, -0.25) is 4.79 Å². The Kier molecular flexibility index (Phi) is 4.76. The molecule has 2 fully saturated rings. The van der Waals surface area contributed by atoms with Gasteiger partial charge in [-0.15, -0.1) is 0 Å². The van der Waals surface area contributed by atoms with E-state index in [1.165, 1.54) is 0 Å². The molecule has 2 atom stereocenters. The van der Waals surface area contributed by atoms with Crippen molar-refractivity contribution < 1.29 is 32.2 Å². The second-order valence-corrected chi connectivity index (χ2v) is 6.70. The molecule has 4 nitrogen and oxygen atoms in total. The summed E-state index contributed by atoms with van der Waals surface area (Å²) in [4.78, 5) is 12.6. The smallest absolute Gasteiger partial charge is 0.391 e. The van der Waals surface area contributed by atoms with Crippen LogP contribution in [-0.2, 0) is 22.3 Å². The molecule has 25 heavy (non-hydrogen) atoms. The van der Waals surface area contributed by atoms with Gasteiger partial charge in [0, 0.05) is 6.54 Å². The Hall–Kier alpha value is -1.67. The molecule has 0 bridgehead atoms. The molecule has 3 rings (SSSR count). The number of aliphatic hydroxyl groups is 1. The summed E-state index contributed by atoms with van der Waals surface area (Å²) in [5.41, 5.74) is -2.10. The Bertz CT molecular complexity index is 650. The van der Waals surface area contributed by atoms with Gasteiger partial charge in [-0.2, -0.15) is 13.2 Å². The van der Waals surface area contributed by atoms with Crippen LogP contribution in [0.5, 0.6) is 0 Å². The van der Waals surface area contributed by atoms with Crippen molar-refractivity contribution in [2.75, 3.05) is 6.61 Å². The quantitative estimate of drug-likeness (QED) is 0.811. The first-order valence-corrected chi connectivity index (χ1v) is 8.18. The second kappa shape index (κ2) is 6.57. The zero-order valence-corrected chi connectivity index (χ0v) is 13.4. The average Bonchev–Trinajstić information content (AvgIpc) is 3.37. The van der Waals surface area contributed by atoms with Crippen molar-refractivity contribution in [3.8, 4) is 0 Å². The number of halogens is 4. The lowest BCUT2D eigenvalue weighted by Crippen LogP contribution is -2.54. The lowest BCUT2D eigenvalue weighted by molar-refractivity contribution is -0.169. The van der Waals surface area contributed by atoms with Gasteiger partial charge in [-0.25, -0.2) is 4.39 Å². The van der Waals surface area contributed by atoms with Gasteiger partial charge in [0.1, 0.15) is 11.4 Å². The first kappa shape index (κ1) is 18.1. The summed E-state index contributed by atoms with van der Waals surface area (Å²) in [7, 11) is 0. The lowest BCUT2D eigenvalue weighted by atomic mass is 9.87. The highest BCUT2D eigenvalue weighted by Gasteiger charge is 2.53. The highest BCUT2D eigenvalue weighted by Crippen LogP contribution is 2.46. The predicted octanol–water partition coefficient (Wildman–Crippen LogP) is 2.78. The first-order valence-electron chi connectivity index (χ1n) is 8.18. The summed E-state index contributed by atoms with van der Waals surface area (Å²) >= 11 is 0. The highest BCUT2D eigenvalue weighted by atomic mass is 19.4. The van der Waals surface area contributed by atoms with Gasteiger partial charge in [-0.05, 0) is 55.4 Å². The summed E-state index contributed by atoms with van der Waals surface area (Å²) in [5, 5.41) is 12.1. The van der Waals surface area contributed by atoms with Crippen LogP contribution in [0, 0.1) is 11.7 Å². The van der Waals surface area contributed by atoms with Crippen molar-refractivity contribution in [2.45, 2.75) is 50.1 Å². The maximum absolute atomic E-state index is 13.4. The van der Waals surface area contributed by atoms with Crippen LogP contribution < -0.4 is 5.32 Å². The van der Waals surface area contributed by atoms with Crippen LogP contribution in [-0.4, -0.2) is 29.3 Å².